The number of amides is 1. The molecular weight excluding hydrogens is 268 g/mol. The Kier molecular flexibility index (Phi) is 5.76. The zero-order valence-electron chi connectivity index (χ0n) is 13.2. The predicted octanol–water partition coefficient (Wildman–Crippen LogP) is 0.693. The molecule has 1 atom stereocenters. The maximum atomic E-state index is 11.8. The molecule has 0 saturated carbocycles. The van der Waals surface area contributed by atoms with Crippen LogP contribution in [-0.2, 0) is 16.1 Å². The number of carbonyl (C=O) groups excluding carboxylic acids is 1. The van der Waals surface area contributed by atoms with E-state index in [4.69, 9.17) is 4.74 Å². The van der Waals surface area contributed by atoms with Gasteiger partial charge in [-0.05, 0) is 32.8 Å². The van der Waals surface area contributed by atoms with Crippen molar-refractivity contribution in [3.8, 4) is 0 Å². The molecule has 1 saturated heterocycles. The summed E-state index contributed by atoms with van der Waals surface area (Å²) >= 11 is 0. The molecular formula is C15H26N4O2. The summed E-state index contributed by atoms with van der Waals surface area (Å²) in [5.74, 6) is 0.0632. The summed E-state index contributed by atoms with van der Waals surface area (Å²) in [6, 6.07) is 0. The second kappa shape index (κ2) is 7.56. The Bertz CT molecular complexity index is 478. The summed E-state index contributed by atoms with van der Waals surface area (Å²) in [7, 11) is 0. The van der Waals surface area contributed by atoms with E-state index in [0.29, 0.717) is 19.6 Å². The van der Waals surface area contributed by atoms with E-state index in [1.54, 1.807) is 0 Å². The number of carbonyl (C=O) groups is 1. The molecule has 0 radical (unpaired) electrons. The molecule has 0 spiro atoms. The molecule has 1 amide bonds. The first-order valence-corrected chi connectivity index (χ1v) is 7.67. The van der Waals surface area contributed by atoms with Crippen molar-refractivity contribution >= 4 is 5.91 Å². The van der Waals surface area contributed by atoms with Gasteiger partial charge in [0, 0.05) is 31.9 Å². The van der Waals surface area contributed by atoms with Crippen LogP contribution < -0.4 is 10.6 Å². The molecule has 2 rings (SSSR count). The van der Waals surface area contributed by atoms with E-state index in [0.717, 1.165) is 31.7 Å². The highest BCUT2D eigenvalue weighted by atomic mass is 16.5. The van der Waals surface area contributed by atoms with Crippen molar-refractivity contribution in [2.24, 2.45) is 0 Å². The molecule has 6 heteroatoms. The van der Waals surface area contributed by atoms with Gasteiger partial charge in [0.1, 0.15) is 0 Å². The molecule has 6 nitrogen and oxygen atoms in total. The van der Waals surface area contributed by atoms with E-state index >= 15 is 0 Å². The molecule has 1 fully saturated rings. The fraction of sp³-hybridized carbons (Fsp3) is 0.733. The number of nitrogens with zero attached hydrogens (tertiary/aromatic N) is 2. The van der Waals surface area contributed by atoms with Gasteiger partial charge in [-0.15, -0.1) is 0 Å². The van der Waals surface area contributed by atoms with Crippen LogP contribution in [0.25, 0.3) is 0 Å². The lowest BCUT2D eigenvalue weighted by Crippen LogP contribution is -2.41. The van der Waals surface area contributed by atoms with E-state index in [1.165, 1.54) is 11.3 Å². The average molecular weight is 294 g/mol. The van der Waals surface area contributed by atoms with Crippen LogP contribution in [0.15, 0.2) is 0 Å². The highest BCUT2D eigenvalue weighted by Gasteiger charge is 2.16. The Morgan fingerprint density at radius 2 is 2.29 bits per heavy atom. The van der Waals surface area contributed by atoms with E-state index in [2.05, 4.69) is 29.6 Å². The third-order valence-electron chi connectivity index (χ3n) is 4.03. The Morgan fingerprint density at radius 1 is 1.48 bits per heavy atom. The van der Waals surface area contributed by atoms with Crippen LogP contribution in [0, 0.1) is 20.8 Å². The van der Waals surface area contributed by atoms with Crippen LogP contribution in [0.2, 0.25) is 0 Å². The molecule has 0 bridgehead atoms. The van der Waals surface area contributed by atoms with Gasteiger partial charge in [-0.2, -0.15) is 5.10 Å². The normalized spacial score (nSPS) is 18.7. The first-order valence-electron chi connectivity index (χ1n) is 7.67. The van der Waals surface area contributed by atoms with Crippen molar-refractivity contribution < 1.29 is 9.53 Å². The number of morpholine rings is 1. The molecule has 0 aliphatic carbocycles. The first-order chi connectivity index (χ1) is 10.1. The SMILES string of the molecule is Cc1nn(CCCNC(=O)C[C@@H]2CNCCO2)c(C)c1C. The number of aryl methyl sites for hydroxylation is 2. The zero-order valence-corrected chi connectivity index (χ0v) is 13.2. The lowest BCUT2D eigenvalue weighted by atomic mass is 10.2. The maximum Gasteiger partial charge on any atom is 0.222 e. The number of aromatic nitrogens is 2. The predicted molar refractivity (Wildman–Crippen MR) is 81.3 cm³/mol. The minimum absolute atomic E-state index is 0.0115. The minimum Gasteiger partial charge on any atom is -0.375 e. The average Bonchev–Trinajstić information content (AvgIpc) is 2.72. The molecule has 0 unspecified atom stereocenters. The fourth-order valence-electron chi connectivity index (χ4n) is 2.49. The standard InChI is InChI=1S/C15H26N4O2/c1-11-12(2)18-19(13(11)3)7-4-5-17-15(20)9-14-10-16-6-8-21-14/h14,16H,4-10H2,1-3H3,(H,17,20)/t14-/m1/s1. The van der Waals surface area contributed by atoms with Crippen molar-refractivity contribution in [3.63, 3.8) is 0 Å². The fourth-order valence-corrected chi connectivity index (χ4v) is 2.49. The quantitative estimate of drug-likeness (QED) is 0.758. The van der Waals surface area contributed by atoms with Crippen LogP contribution in [0.4, 0.5) is 0 Å². The Hall–Kier alpha value is -1.40. The summed E-state index contributed by atoms with van der Waals surface area (Å²) in [5.41, 5.74) is 3.54. The number of hydrogen-bond acceptors (Lipinski definition) is 4. The molecule has 2 N–H and O–H groups in total. The number of ether oxygens (including phenoxy) is 1. The van der Waals surface area contributed by atoms with E-state index in [9.17, 15) is 4.79 Å². The molecule has 118 valence electrons. The first kappa shape index (κ1) is 16.0. The summed E-state index contributed by atoms with van der Waals surface area (Å²) in [6.45, 7) is 10.0. The number of nitrogens with one attached hydrogen (secondary N) is 2. The molecule has 1 aromatic rings. The van der Waals surface area contributed by atoms with Crippen LogP contribution >= 0.6 is 0 Å². The van der Waals surface area contributed by atoms with E-state index < -0.39 is 0 Å². The summed E-state index contributed by atoms with van der Waals surface area (Å²) < 4.78 is 7.54. The van der Waals surface area contributed by atoms with E-state index in [1.807, 2.05) is 11.6 Å². The van der Waals surface area contributed by atoms with Gasteiger partial charge in [-0.1, -0.05) is 0 Å². The van der Waals surface area contributed by atoms with Crippen molar-refractivity contribution in [1.29, 1.82) is 0 Å². The second-order valence-electron chi connectivity index (χ2n) is 5.62. The van der Waals surface area contributed by atoms with Crippen LogP contribution in [0.1, 0.15) is 29.8 Å². The molecule has 2 heterocycles. The lowest BCUT2D eigenvalue weighted by molar-refractivity contribution is -0.124. The zero-order chi connectivity index (χ0) is 15.2. The van der Waals surface area contributed by atoms with Crippen LogP contribution in [0.5, 0.6) is 0 Å². The second-order valence-corrected chi connectivity index (χ2v) is 5.62. The van der Waals surface area contributed by atoms with Crippen molar-refractivity contribution in [2.75, 3.05) is 26.2 Å². The Labute approximate surface area is 126 Å². The monoisotopic (exact) mass is 294 g/mol. The Balaban J connectivity index is 1.64. The highest BCUT2D eigenvalue weighted by Crippen LogP contribution is 2.11. The molecule has 1 aromatic heterocycles. The largest absolute Gasteiger partial charge is 0.375 e. The maximum absolute atomic E-state index is 11.8. The number of rotatable bonds is 6. The number of hydrogen-bond donors (Lipinski definition) is 2. The topological polar surface area (TPSA) is 68.2 Å². The van der Waals surface area contributed by atoms with Gasteiger partial charge in [0.2, 0.25) is 5.91 Å². The molecule has 21 heavy (non-hydrogen) atoms. The van der Waals surface area contributed by atoms with Crippen molar-refractivity contribution in [3.05, 3.63) is 17.0 Å². The van der Waals surface area contributed by atoms with Gasteiger partial charge in [0.05, 0.1) is 24.8 Å². The third-order valence-corrected chi connectivity index (χ3v) is 4.03. The van der Waals surface area contributed by atoms with Crippen molar-refractivity contribution in [1.82, 2.24) is 20.4 Å². The van der Waals surface area contributed by atoms with Crippen LogP contribution in [-0.4, -0.2) is 48.0 Å². The van der Waals surface area contributed by atoms with Crippen molar-refractivity contribution in [2.45, 2.75) is 46.3 Å². The molecule has 1 aliphatic heterocycles. The van der Waals surface area contributed by atoms with Gasteiger partial charge in [-0.25, -0.2) is 0 Å². The van der Waals surface area contributed by atoms with Gasteiger partial charge in [-0.3, -0.25) is 9.48 Å². The van der Waals surface area contributed by atoms with Gasteiger partial charge in [0.25, 0.3) is 0 Å². The highest BCUT2D eigenvalue weighted by molar-refractivity contribution is 5.76. The molecule has 0 aromatic carbocycles. The molecule has 1 aliphatic rings. The third kappa shape index (κ3) is 4.54. The summed E-state index contributed by atoms with van der Waals surface area (Å²) in [5, 5.41) is 10.7. The lowest BCUT2D eigenvalue weighted by Gasteiger charge is -2.23. The van der Waals surface area contributed by atoms with E-state index in [-0.39, 0.29) is 12.0 Å². The summed E-state index contributed by atoms with van der Waals surface area (Å²) in [6.07, 6.45) is 1.33. The summed E-state index contributed by atoms with van der Waals surface area (Å²) in [4.78, 5) is 11.8. The van der Waals surface area contributed by atoms with Gasteiger partial charge < -0.3 is 15.4 Å². The van der Waals surface area contributed by atoms with Gasteiger partial charge in [0.15, 0.2) is 0 Å². The smallest absolute Gasteiger partial charge is 0.222 e. The Morgan fingerprint density at radius 3 is 2.90 bits per heavy atom. The van der Waals surface area contributed by atoms with Crippen LogP contribution in [0.3, 0.4) is 0 Å². The van der Waals surface area contributed by atoms with Gasteiger partial charge >= 0.3 is 0 Å². The minimum atomic E-state index is 0.0115.